The van der Waals surface area contributed by atoms with E-state index in [9.17, 15) is 4.79 Å². The number of aromatic nitrogens is 1. The first kappa shape index (κ1) is 21.8. The molecule has 2 aromatic rings. The average molecular weight is 387 g/mol. The molecule has 0 saturated heterocycles. The van der Waals surface area contributed by atoms with Crippen molar-refractivity contribution in [2.24, 2.45) is 0 Å². The topological polar surface area (TPSA) is 33.2 Å². The second-order valence-corrected chi connectivity index (χ2v) is 9.00. The SMILES string of the molecule is Cc1ccc(C(=O)c2ccc(C)s2)c(CCCCCCCCCN(C)C)n1. The Morgan fingerprint density at radius 2 is 1.59 bits per heavy atom. The number of pyridine rings is 1. The molecule has 0 saturated carbocycles. The number of unbranched alkanes of at least 4 members (excludes halogenated alkanes) is 6. The molecule has 0 aromatic carbocycles. The lowest BCUT2D eigenvalue weighted by atomic mass is 10.0. The zero-order chi connectivity index (χ0) is 19.6. The van der Waals surface area contributed by atoms with Crippen molar-refractivity contribution in [3.8, 4) is 0 Å². The maximum absolute atomic E-state index is 12.8. The number of rotatable bonds is 12. The van der Waals surface area contributed by atoms with Crippen LogP contribution in [0.1, 0.15) is 76.4 Å². The highest BCUT2D eigenvalue weighted by Gasteiger charge is 2.16. The van der Waals surface area contributed by atoms with Crippen LogP contribution in [0.5, 0.6) is 0 Å². The zero-order valence-electron chi connectivity index (χ0n) is 17.4. The van der Waals surface area contributed by atoms with Crippen LogP contribution in [0.3, 0.4) is 0 Å². The number of hydrogen-bond donors (Lipinski definition) is 0. The molecule has 0 aliphatic carbocycles. The fourth-order valence-electron chi connectivity index (χ4n) is 3.30. The molecule has 148 valence electrons. The van der Waals surface area contributed by atoms with Crippen LogP contribution in [0.4, 0.5) is 0 Å². The van der Waals surface area contributed by atoms with Crippen LogP contribution in [0.2, 0.25) is 0 Å². The van der Waals surface area contributed by atoms with E-state index < -0.39 is 0 Å². The third kappa shape index (κ3) is 7.55. The number of nitrogens with zero attached hydrogens (tertiary/aromatic N) is 2. The van der Waals surface area contributed by atoms with Crippen molar-refractivity contribution in [1.29, 1.82) is 0 Å². The van der Waals surface area contributed by atoms with Gasteiger partial charge in [0.1, 0.15) is 0 Å². The quantitative estimate of drug-likeness (QED) is 0.340. The van der Waals surface area contributed by atoms with Crippen LogP contribution in [0, 0.1) is 13.8 Å². The highest BCUT2D eigenvalue weighted by molar-refractivity contribution is 7.14. The summed E-state index contributed by atoms with van der Waals surface area (Å²) in [7, 11) is 4.27. The van der Waals surface area contributed by atoms with Crippen molar-refractivity contribution in [2.45, 2.75) is 65.2 Å². The lowest BCUT2D eigenvalue weighted by Crippen LogP contribution is -2.12. The van der Waals surface area contributed by atoms with E-state index >= 15 is 0 Å². The van der Waals surface area contributed by atoms with E-state index in [4.69, 9.17) is 0 Å². The predicted molar refractivity (Wildman–Crippen MR) is 116 cm³/mol. The molecule has 0 unspecified atom stereocenters. The molecule has 0 bridgehead atoms. The van der Waals surface area contributed by atoms with Gasteiger partial charge in [0.15, 0.2) is 0 Å². The average Bonchev–Trinajstić information content (AvgIpc) is 3.06. The molecule has 27 heavy (non-hydrogen) atoms. The number of carbonyl (C=O) groups excluding carboxylic acids is 1. The molecule has 0 radical (unpaired) electrons. The van der Waals surface area contributed by atoms with Gasteiger partial charge >= 0.3 is 0 Å². The van der Waals surface area contributed by atoms with E-state index in [1.807, 2.05) is 38.1 Å². The number of carbonyl (C=O) groups is 1. The first-order valence-corrected chi connectivity index (χ1v) is 11.0. The summed E-state index contributed by atoms with van der Waals surface area (Å²) in [6.07, 6.45) is 9.78. The summed E-state index contributed by atoms with van der Waals surface area (Å²) in [5, 5.41) is 0. The Kier molecular flexibility index (Phi) is 9.16. The van der Waals surface area contributed by atoms with Crippen LogP contribution in [0.25, 0.3) is 0 Å². The van der Waals surface area contributed by atoms with E-state index in [0.29, 0.717) is 0 Å². The number of hydrogen-bond acceptors (Lipinski definition) is 4. The minimum Gasteiger partial charge on any atom is -0.309 e. The fraction of sp³-hybridized carbons (Fsp3) is 0.565. The summed E-state index contributed by atoms with van der Waals surface area (Å²) in [4.78, 5) is 21.8. The molecule has 2 heterocycles. The Morgan fingerprint density at radius 1 is 0.926 bits per heavy atom. The third-order valence-corrected chi connectivity index (χ3v) is 5.84. The molecule has 0 spiro atoms. The zero-order valence-corrected chi connectivity index (χ0v) is 18.2. The van der Waals surface area contributed by atoms with Crippen molar-refractivity contribution in [3.63, 3.8) is 0 Å². The molecule has 2 aromatic heterocycles. The number of aryl methyl sites for hydroxylation is 3. The molecule has 0 amide bonds. The van der Waals surface area contributed by atoms with Gasteiger partial charge in [-0.1, -0.05) is 32.1 Å². The first-order chi connectivity index (χ1) is 13.0. The van der Waals surface area contributed by atoms with Crippen LogP contribution in [-0.4, -0.2) is 36.3 Å². The van der Waals surface area contributed by atoms with E-state index in [1.54, 1.807) is 11.3 Å². The van der Waals surface area contributed by atoms with Gasteiger partial charge in [0.2, 0.25) is 5.78 Å². The minimum atomic E-state index is 0.122. The Morgan fingerprint density at radius 3 is 2.22 bits per heavy atom. The molecular weight excluding hydrogens is 352 g/mol. The van der Waals surface area contributed by atoms with Crippen LogP contribution < -0.4 is 0 Å². The Balaban J connectivity index is 1.79. The summed E-state index contributed by atoms with van der Waals surface area (Å²) in [6, 6.07) is 7.85. The second kappa shape index (κ2) is 11.4. The van der Waals surface area contributed by atoms with Gasteiger partial charge in [0, 0.05) is 16.1 Å². The van der Waals surface area contributed by atoms with Gasteiger partial charge in [-0.15, -0.1) is 11.3 Å². The molecule has 0 N–H and O–H groups in total. The smallest absolute Gasteiger partial charge is 0.204 e. The van der Waals surface area contributed by atoms with E-state index in [2.05, 4.69) is 24.0 Å². The standard InChI is InChI=1S/C23H34N2OS/c1-18-13-15-20(23(26)22-16-14-19(2)27-22)21(24-18)12-10-8-6-5-7-9-11-17-25(3)4/h13-16H,5-12,17H2,1-4H3. The Labute approximate surface area is 168 Å². The fourth-order valence-corrected chi connectivity index (χ4v) is 4.12. The van der Waals surface area contributed by atoms with Crippen molar-refractivity contribution < 1.29 is 4.79 Å². The van der Waals surface area contributed by atoms with Gasteiger partial charge < -0.3 is 4.90 Å². The van der Waals surface area contributed by atoms with E-state index in [0.717, 1.165) is 34.7 Å². The summed E-state index contributed by atoms with van der Waals surface area (Å²) in [6.45, 7) is 5.23. The maximum Gasteiger partial charge on any atom is 0.204 e. The third-order valence-electron chi connectivity index (χ3n) is 4.84. The normalized spacial score (nSPS) is 11.3. The number of thiophene rings is 1. The predicted octanol–water partition coefficient (Wildman–Crippen LogP) is 5.83. The van der Waals surface area contributed by atoms with Gasteiger partial charge in [-0.2, -0.15) is 0 Å². The van der Waals surface area contributed by atoms with Gasteiger partial charge in [-0.3, -0.25) is 9.78 Å². The Hall–Kier alpha value is -1.52. The summed E-state index contributed by atoms with van der Waals surface area (Å²) in [5.74, 6) is 0.122. The molecule has 0 aliphatic heterocycles. The molecule has 4 heteroatoms. The van der Waals surface area contributed by atoms with Crippen molar-refractivity contribution in [2.75, 3.05) is 20.6 Å². The first-order valence-electron chi connectivity index (χ1n) is 10.2. The minimum absolute atomic E-state index is 0.122. The van der Waals surface area contributed by atoms with Crippen molar-refractivity contribution in [3.05, 3.63) is 51.0 Å². The lowest BCUT2D eigenvalue weighted by molar-refractivity contribution is 0.104. The highest BCUT2D eigenvalue weighted by atomic mass is 32.1. The lowest BCUT2D eigenvalue weighted by Gasteiger charge is -2.09. The molecule has 0 fully saturated rings. The highest BCUT2D eigenvalue weighted by Crippen LogP contribution is 2.22. The summed E-state index contributed by atoms with van der Waals surface area (Å²) in [5.41, 5.74) is 2.74. The van der Waals surface area contributed by atoms with E-state index in [-0.39, 0.29) is 5.78 Å². The van der Waals surface area contributed by atoms with E-state index in [1.165, 1.54) is 49.9 Å². The van der Waals surface area contributed by atoms with Gasteiger partial charge in [0.25, 0.3) is 0 Å². The Bertz CT molecular complexity index is 721. The van der Waals surface area contributed by atoms with Crippen molar-refractivity contribution in [1.82, 2.24) is 9.88 Å². The molecule has 3 nitrogen and oxygen atoms in total. The largest absolute Gasteiger partial charge is 0.309 e. The summed E-state index contributed by atoms with van der Waals surface area (Å²) >= 11 is 1.57. The van der Waals surface area contributed by atoms with Crippen LogP contribution in [0.15, 0.2) is 24.3 Å². The molecular formula is C23H34N2OS. The maximum atomic E-state index is 12.8. The summed E-state index contributed by atoms with van der Waals surface area (Å²) < 4.78 is 0. The number of ketones is 1. The molecule has 0 atom stereocenters. The molecule has 0 aliphatic rings. The van der Waals surface area contributed by atoms with Gasteiger partial charge in [0.05, 0.1) is 10.6 Å². The monoisotopic (exact) mass is 386 g/mol. The van der Waals surface area contributed by atoms with Crippen LogP contribution in [-0.2, 0) is 6.42 Å². The van der Waals surface area contributed by atoms with Crippen molar-refractivity contribution >= 4 is 17.1 Å². The molecule has 2 rings (SSSR count). The van der Waals surface area contributed by atoms with Gasteiger partial charge in [-0.05, 0) is 78.0 Å². The second-order valence-electron chi connectivity index (χ2n) is 7.71. The van der Waals surface area contributed by atoms with Crippen LogP contribution >= 0.6 is 11.3 Å². The van der Waals surface area contributed by atoms with Gasteiger partial charge in [-0.25, -0.2) is 0 Å².